The molecule has 0 atom stereocenters. The fourth-order valence-electron chi connectivity index (χ4n) is 1.78. The lowest BCUT2D eigenvalue weighted by Gasteiger charge is -2.12. The maximum absolute atomic E-state index is 14.0. The average molecular weight is 854 g/mol. The second-order valence-electron chi connectivity index (χ2n) is 4.63. The van der Waals surface area contributed by atoms with E-state index in [2.05, 4.69) is 4.74 Å². The van der Waals surface area contributed by atoms with E-state index in [4.69, 9.17) is 4.55 Å². The Morgan fingerprint density at radius 2 is 1.37 bits per heavy atom. The van der Waals surface area contributed by atoms with Crippen LogP contribution in [0.2, 0.25) is 0 Å². The molecule has 0 aliphatic rings. The highest BCUT2D eigenvalue weighted by atomic mass is 127. The number of esters is 1. The van der Waals surface area contributed by atoms with Gasteiger partial charge >= 0.3 is 16.1 Å². The summed E-state index contributed by atoms with van der Waals surface area (Å²) in [6.45, 7) is 0. The molecule has 2 rings (SSSR count). The summed E-state index contributed by atoms with van der Waals surface area (Å²) in [5.74, 6) is -12.5. The van der Waals surface area contributed by atoms with Crippen LogP contribution in [0.1, 0.15) is 10.4 Å². The van der Waals surface area contributed by atoms with Crippen LogP contribution in [0.3, 0.4) is 0 Å². The molecule has 5 nitrogen and oxygen atoms in total. The van der Waals surface area contributed by atoms with Crippen LogP contribution in [0.4, 0.5) is 17.6 Å². The molecule has 2 aromatic rings. The van der Waals surface area contributed by atoms with Crippen molar-refractivity contribution in [3.63, 3.8) is 0 Å². The van der Waals surface area contributed by atoms with Crippen LogP contribution in [0, 0.1) is 37.5 Å². The van der Waals surface area contributed by atoms with Gasteiger partial charge in [0, 0.05) is 14.3 Å². The highest BCUT2D eigenvalue weighted by Gasteiger charge is 2.34. The lowest BCUT2D eigenvalue weighted by atomic mass is 10.2. The molecule has 0 bridgehead atoms. The van der Waals surface area contributed by atoms with Crippen molar-refractivity contribution >= 4 is 106 Å². The maximum atomic E-state index is 14.0. The summed E-state index contributed by atoms with van der Waals surface area (Å²) < 4.78 is 93.0. The van der Waals surface area contributed by atoms with Crippen molar-refractivity contribution in [2.75, 3.05) is 0 Å². The number of rotatable bonds is 3. The van der Waals surface area contributed by atoms with E-state index in [-0.39, 0.29) is 5.56 Å². The summed E-state index contributed by atoms with van der Waals surface area (Å²) in [5, 5.41) is 0. The first kappa shape index (κ1) is 23.7. The van der Waals surface area contributed by atoms with E-state index in [1.54, 1.807) is 22.6 Å². The van der Waals surface area contributed by atoms with E-state index in [1.807, 2.05) is 67.8 Å². The molecule has 146 valence electrons. The van der Waals surface area contributed by atoms with E-state index in [1.165, 1.54) is 6.07 Å². The van der Waals surface area contributed by atoms with E-state index in [0.29, 0.717) is 10.7 Å². The van der Waals surface area contributed by atoms with Crippen LogP contribution in [0.5, 0.6) is 5.75 Å². The van der Waals surface area contributed by atoms with Gasteiger partial charge in [-0.15, -0.1) is 0 Å². The summed E-state index contributed by atoms with van der Waals surface area (Å²) in [5.41, 5.74) is -0.122. The second-order valence-corrected chi connectivity index (χ2v) is 10.4. The minimum Gasteiger partial charge on any atom is -0.416 e. The van der Waals surface area contributed by atoms with Gasteiger partial charge in [-0.25, -0.2) is 13.6 Å². The summed E-state index contributed by atoms with van der Waals surface area (Å²) in [6.07, 6.45) is 0. The Bertz CT molecular complexity index is 1060. The third-order valence-electron chi connectivity index (χ3n) is 2.96. The van der Waals surface area contributed by atoms with E-state index in [9.17, 15) is 30.8 Å². The average Bonchev–Trinajstić information content (AvgIpc) is 2.57. The number of benzene rings is 2. The molecule has 0 heterocycles. The fourth-order valence-corrected chi connectivity index (χ4v) is 5.67. The molecule has 0 aromatic heterocycles. The van der Waals surface area contributed by atoms with Gasteiger partial charge in [-0.2, -0.15) is 17.2 Å². The monoisotopic (exact) mass is 854 g/mol. The van der Waals surface area contributed by atoms with Crippen molar-refractivity contribution in [2.24, 2.45) is 0 Å². The van der Waals surface area contributed by atoms with Crippen molar-refractivity contribution in [3.05, 3.63) is 49.2 Å². The van der Waals surface area contributed by atoms with Crippen LogP contribution in [0.25, 0.3) is 0 Å². The number of hydrogen-bond acceptors (Lipinski definition) is 4. The van der Waals surface area contributed by atoms with Gasteiger partial charge in [0.1, 0.15) is 0 Å². The number of hydrogen-bond donors (Lipinski definition) is 1. The van der Waals surface area contributed by atoms with Crippen molar-refractivity contribution in [1.82, 2.24) is 0 Å². The van der Waals surface area contributed by atoms with Crippen LogP contribution >= 0.6 is 90.4 Å². The van der Waals surface area contributed by atoms with Crippen molar-refractivity contribution in [2.45, 2.75) is 4.90 Å². The molecule has 1 N–H and O–H groups in total. The van der Waals surface area contributed by atoms with E-state index in [0.717, 1.165) is 3.57 Å². The van der Waals surface area contributed by atoms with Gasteiger partial charge in [-0.1, -0.05) is 0 Å². The van der Waals surface area contributed by atoms with Crippen LogP contribution in [0.15, 0.2) is 11.0 Å². The SMILES string of the molecule is O=C(Oc1c(F)c(F)c(S(=O)(=O)O)c(F)c1F)c1cc(I)c(I)c(I)c1I. The molecular formula is C13H2F4I4O5S. The Hall–Kier alpha value is 0.460. The minimum absolute atomic E-state index is 0.122. The van der Waals surface area contributed by atoms with E-state index < -0.39 is 50.0 Å². The first-order chi connectivity index (χ1) is 12.3. The quantitative estimate of drug-likeness (QED) is 0.0883. The molecule has 0 saturated heterocycles. The molecule has 0 aliphatic heterocycles. The second kappa shape index (κ2) is 8.68. The minimum atomic E-state index is -5.60. The molecule has 0 spiro atoms. The Kier molecular flexibility index (Phi) is 7.63. The molecule has 14 heteroatoms. The fraction of sp³-hybridized carbons (Fsp3) is 0. The third kappa shape index (κ3) is 4.63. The molecule has 0 aliphatic carbocycles. The molecule has 0 amide bonds. The van der Waals surface area contributed by atoms with Gasteiger partial charge in [0.15, 0.2) is 16.5 Å². The number of ether oxygens (including phenoxy) is 1. The molecule has 2 aromatic carbocycles. The molecule has 0 fully saturated rings. The Labute approximate surface area is 203 Å². The topological polar surface area (TPSA) is 80.7 Å². The number of carbonyl (C=O) groups excluding carboxylic acids is 1. The first-order valence-corrected chi connectivity index (χ1v) is 11.9. The van der Waals surface area contributed by atoms with Crippen LogP contribution in [-0.2, 0) is 10.1 Å². The zero-order valence-corrected chi connectivity index (χ0v) is 21.5. The van der Waals surface area contributed by atoms with Gasteiger partial charge < -0.3 is 4.74 Å². The normalized spacial score (nSPS) is 11.6. The molecule has 0 unspecified atom stereocenters. The van der Waals surface area contributed by atoms with Gasteiger partial charge in [-0.05, 0) is 96.4 Å². The zero-order valence-electron chi connectivity index (χ0n) is 12.1. The molecular weight excluding hydrogens is 852 g/mol. The van der Waals surface area contributed by atoms with Crippen molar-refractivity contribution in [1.29, 1.82) is 0 Å². The Balaban J connectivity index is 2.62. The smallest absolute Gasteiger partial charge is 0.344 e. The van der Waals surface area contributed by atoms with Gasteiger partial charge in [0.25, 0.3) is 0 Å². The third-order valence-corrected chi connectivity index (χ3v) is 11.1. The molecule has 0 saturated carbocycles. The van der Waals surface area contributed by atoms with Gasteiger partial charge in [0.2, 0.25) is 17.4 Å². The van der Waals surface area contributed by atoms with E-state index >= 15 is 0 Å². The summed E-state index contributed by atoms with van der Waals surface area (Å²) in [6, 6.07) is 1.35. The van der Waals surface area contributed by atoms with Crippen LogP contribution in [-0.4, -0.2) is 18.9 Å². The predicted molar refractivity (Wildman–Crippen MR) is 118 cm³/mol. The van der Waals surface area contributed by atoms with Crippen LogP contribution < -0.4 is 4.74 Å². The summed E-state index contributed by atoms with van der Waals surface area (Å²) in [4.78, 5) is 10.1. The zero-order chi connectivity index (χ0) is 20.8. The van der Waals surface area contributed by atoms with Gasteiger partial charge in [0.05, 0.1) is 5.56 Å². The first-order valence-electron chi connectivity index (χ1n) is 6.17. The Morgan fingerprint density at radius 3 is 1.81 bits per heavy atom. The molecule has 27 heavy (non-hydrogen) atoms. The van der Waals surface area contributed by atoms with Gasteiger partial charge in [-0.3, -0.25) is 4.55 Å². The molecule has 0 radical (unpaired) electrons. The number of carbonyl (C=O) groups is 1. The Morgan fingerprint density at radius 1 is 0.889 bits per heavy atom. The standard InChI is InChI=1S/C13H2F4I4O5S/c14-4-6(16)12(27(23,24)25)7(17)5(15)11(4)26-13(22)2-1-3(18)9(20)10(21)8(2)19/h1H,(H,23,24,25). The summed E-state index contributed by atoms with van der Waals surface area (Å²) >= 11 is 7.64. The van der Waals surface area contributed by atoms with Crippen molar-refractivity contribution < 1.29 is 40.1 Å². The maximum Gasteiger partial charge on any atom is 0.344 e. The lowest BCUT2D eigenvalue weighted by Crippen LogP contribution is -2.17. The number of halogens is 8. The predicted octanol–water partition coefficient (Wildman–Crippen LogP) is 5.13. The largest absolute Gasteiger partial charge is 0.416 e. The lowest BCUT2D eigenvalue weighted by molar-refractivity contribution is 0.0715. The summed E-state index contributed by atoms with van der Waals surface area (Å²) in [7, 11) is -5.60. The highest BCUT2D eigenvalue weighted by molar-refractivity contribution is 14.1. The highest BCUT2D eigenvalue weighted by Crippen LogP contribution is 2.34. The van der Waals surface area contributed by atoms with Crippen molar-refractivity contribution in [3.8, 4) is 5.75 Å².